The zero-order chi connectivity index (χ0) is 16.5. The van der Waals surface area contributed by atoms with Crippen LogP contribution in [0.1, 0.15) is 25.0 Å². The number of nitrogens with one attached hydrogen (secondary N) is 1. The minimum absolute atomic E-state index is 0.271. The number of aromatic nitrogens is 2. The molecule has 0 bridgehead atoms. The predicted molar refractivity (Wildman–Crippen MR) is 87.5 cm³/mol. The number of anilines is 1. The van der Waals surface area contributed by atoms with Crippen molar-refractivity contribution in [3.63, 3.8) is 0 Å². The Labute approximate surface area is 135 Å². The second-order valence-electron chi connectivity index (χ2n) is 5.80. The molecule has 118 valence electrons. The van der Waals surface area contributed by atoms with Crippen LogP contribution in [0.4, 0.5) is 5.95 Å². The van der Waals surface area contributed by atoms with Gasteiger partial charge in [-0.05, 0) is 51.0 Å². The molecule has 1 amide bonds. The summed E-state index contributed by atoms with van der Waals surface area (Å²) in [6.45, 7) is 7.24. The highest BCUT2D eigenvalue weighted by atomic mass is 35.5. The monoisotopic (exact) mass is 321 g/mol. The van der Waals surface area contributed by atoms with Crippen LogP contribution in [0.15, 0.2) is 24.5 Å². The number of halogens is 1. The van der Waals surface area contributed by atoms with Crippen LogP contribution in [0.25, 0.3) is 0 Å². The molecule has 1 N–H and O–H groups in total. The fraction of sp³-hybridized carbons (Fsp3) is 0.375. The highest BCUT2D eigenvalue weighted by Crippen LogP contribution is 2.28. The SMILES string of the molecule is Cc1cc(OC(C)(C)C(=O)Nc2nccn2C)cc(C)c1Cl. The fourth-order valence-electron chi connectivity index (χ4n) is 2.04. The van der Waals surface area contributed by atoms with E-state index in [1.165, 1.54) is 0 Å². The van der Waals surface area contributed by atoms with Crippen LogP contribution in [0.5, 0.6) is 5.75 Å². The summed E-state index contributed by atoms with van der Waals surface area (Å²) in [5.41, 5.74) is 0.785. The maximum Gasteiger partial charge on any atom is 0.270 e. The predicted octanol–water partition coefficient (Wildman–Crippen LogP) is 3.49. The molecule has 6 heteroatoms. The van der Waals surface area contributed by atoms with Gasteiger partial charge in [-0.1, -0.05) is 11.6 Å². The van der Waals surface area contributed by atoms with Crippen LogP contribution < -0.4 is 10.1 Å². The molecule has 0 saturated heterocycles. The van der Waals surface area contributed by atoms with Crippen LogP contribution in [-0.4, -0.2) is 21.1 Å². The van der Waals surface area contributed by atoms with Crippen LogP contribution in [0, 0.1) is 13.8 Å². The highest BCUT2D eigenvalue weighted by Gasteiger charge is 2.31. The van der Waals surface area contributed by atoms with E-state index in [1.54, 1.807) is 30.8 Å². The number of aryl methyl sites for hydroxylation is 3. The van der Waals surface area contributed by atoms with Crippen molar-refractivity contribution in [2.24, 2.45) is 7.05 Å². The lowest BCUT2D eigenvalue weighted by Gasteiger charge is -2.25. The molecular weight excluding hydrogens is 302 g/mol. The molecule has 0 saturated carbocycles. The summed E-state index contributed by atoms with van der Waals surface area (Å²) >= 11 is 6.15. The summed E-state index contributed by atoms with van der Waals surface area (Å²) in [5.74, 6) is 0.816. The number of rotatable bonds is 4. The van der Waals surface area contributed by atoms with Gasteiger partial charge in [-0.15, -0.1) is 0 Å². The number of amides is 1. The van der Waals surface area contributed by atoms with Crippen LogP contribution in [-0.2, 0) is 11.8 Å². The van der Waals surface area contributed by atoms with Gasteiger partial charge in [0.1, 0.15) is 5.75 Å². The van der Waals surface area contributed by atoms with E-state index >= 15 is 0 Å². The second-order valence-corrected chi connectivity index (χ2v) is 6.18. The number of imidazole rings is 1. The first kappa shape index (κ1) is 16.4. The number of carbonyl (C=O) groups is 1. The number of ether oxygens (including phenoxy) is 1. The van der Waals surface area contributed by atoms with Gasteiger partial charge >= 0.3 is 0 Å². The molecule has 1 heterocycles. The van der Waals surface area contributed by atoms with Gasteiger partial charge in [0.15, 0.2) is 5.60 Å². The molecule has 2 aromatic rings. The Morgan fingerprint density at radius 2 is 1.91 bits per heavy atom. The van der Waals surface area contributed by atoms with Gasteiger partial charge in [0.05, 0.1) is 0 Å². The largest absolute Gasteiger partial charge is 0.478 e. The van der Waals surface area contributed by atoms with E-state index in [0.717, 1.165) is 11.1 Å². The minimum Gasteiger partial charge on any atom is -0.478 e. The molecule has 2 rings (SSSR count). The molecule has 0 fully saturated rings. The third kappa shape index (κ3) is 3.42. The van der Waals surface area contributed by atoms with Gasteiger partial charge in [0, 0.05) is 24.5 Å². The highest BCUT2D eigenvalue weighted by molar-refractivity contribution is 6.32. The summed E-state index contributed by atoms with van der Waals surface area (Å²) in [5, 5.41) is 3.46. The summed E-state index contributed by atoms with van der Waals surface area (Å²) < 4.78 is 7.59. The van der Waals surface area contributed by atoms with E-state index in [2.05, 4.69) is 10.3 Å². The fourth-order valence-corrected chi connectivity index (χ4v) is 2.15. The smallest absolute Gasteiger partial charge is 0.270 e. The molecule has 0 radical (unpaired) electrons. The number of hydrogen-bond acceptors (Lipinski definition) is 3. The Bertz CT molecular complexity index is 684. The van der Waals surface area contributed by atoms with E-state index in [1.807, 2.05) is 33.0 Å². The lowest BCUT2D eigenvalue weighted by atomic mass is 10.1. The first-order valence-corrected chi connectivity index (χ1v) is 7.33. The van der Waals surface area contributed by atoms with Gasteiger partial charge < -0.3 is 9.30 Å². The van der Waals surface area contributed by atoms with Crippen molar-refractivity contribution in [2.45, 2.75) is 33.3 Å². The Balaban J connectivity index is 2.16. The van der Waals surface area contributed by atoms with Crippen molar-refractivity contribution >= 4 is 23.5 Å². The molecule has 0 aliphatic heterocycles. The molecule has 1 aromatic carbocycles. The minimum atomic E-state index is -1.04. The summed E-state index contributed by atoms with van der Waals surface area (Å²) in [6, 6.07) is 3.65. The summed E-state index contributed by atoms with van der Waals surface area (Å²) in [7, 11) is 1.81. The van der Waals surface area contributed by atoms with Gasteiger partial charge in [0.25, 0.3) is 5.91 Å². The molecule has 22 heavy (non-hydrogen) atoms. The summed E-state index contributed by atoms with van der Waals surface area (Å²) in [4.78, 5) is 16.5. The average molecular weight is 322 g/mol. The summed E-state index contributed by atoms with van der Waals surface area (Å²) in [6.07, 6.45) is 3.38. The van der Waals surface area contributed by atoms with Crippen molar-refractivity contribution in [1.82, 2.24) is 9.55 Å². The van der Waals surface area contributed by atoms with Crippen LogP contribution in [0.3, 0.4) is 0 Å². The van der Waals surface area contributed by atoms with E-state index in [9.17, 15) is 4.79 Å². The molecule has 0 atom stereocenters. The molecule has 0 aliphatic carbocycles. The number of benzene rings is 1. The van der Waals surface area contributed by atoms with Gasteiger partial charge in [-0.2, -0.15) is 0 Å². The van der Waals surface area contributed by atoms with E-state index in [4.69, 9.17) is 16.3 Å². The van der Waals surface area contributed by atoms with Crippen molar-refractivity contribution in [3.05, 3.63) is 40.7 Å². The van der Waals surface area contributed by atoms with Gasteiger partial charge in [0.2, 0.25) is 5.95 Å². The number of carbonyl (C=O) groups excluding carboxylic acids is 1. The Morgan fingerprint density at radius 1 is 1.32 bits per heavy atom. The standard InChI is InChI=1S/C16H20ClN3O2/c1-10-8-12(9-11(2)13(10)17)22-16(3,4)14(21)19-15-18-6-7-20(15)5/h6-9H,1-5H3,(H,18,19,21). The van der Waals surface area contributed by atoms with Crippen molar-refractivity contribution in [3.8, 4) is 5.75 Å². The Morgan fingerprint density at radius 3 is 2.41 bits per heavy atom. The zero-order valence-corrected chi connectivity index (χ0v) is 14.2. The lowest BCUT2D eigenvalue weighted by molar-refractivity contribution is -0.128. The van der Waals surface area contributed by atoms with Crippen LogP contribution in [0.2, 0.25) is 5.02 Å². The van der Waals surface area contributed by atoms with Crippen molar-refractivity contribution in [2.75, 3.05) is 5.32 Å². The topological polar surface area (TPSA) is 56.1 Å². The van der Waals surface area contributed by atoms with E-state index in [-0.39, 0.29) is 5.91 Å². The van der Waals surface area contributed by atoms with E-state index < -0.39 is 5.60 Å². The van der Waals surface area contributed by atoms with Gasteiger partial charge in [-0.25, -0.2) is 4.98 Å². The third-order valence-corrected chi connectivity index (χ3v) is 3.97. The van der Waals surface area contributed by atoms with Crippen molar-refractivity contribution < 1.29 is 9.53 Å². The quantitative estimate of drug-likeness (QED) is 0.938. The zero-order valence-electron chi connectivity index (χ0n) is 13.4. The molecule has 5 nitrogen and oxygen atoms in total. The molecule has 0 aliphatic rings. The van der Waals surface area contributed by atoms with Crippen LogP contribution >= 0.6 is 11.6 Å². The third-order valence-electron chi connectivity index (χ3n) is 3.38. The Hall–Kier alpha value is -2.01. The van der Waals surface area contributed by atoms with Crippen molar-refractivity contribution in [1.29, 1.82) is 0 Å². The maximum atomic E-state index is 12.4. The normalized spacial score (nSPS) is 11.4. The molecule has 0 spiro atoms. The second kappa shape index (κ2) is 6.01. The first-order valence-electron chi connectivity index (χ1n) is 6.95. The number of nitrogens with zero attached hydrogens (tertiary/aromatic N) is 2. The lowest BCUT2D eigenvalue weighted by Crippen LogP contribution is -2.43. The Kier molecular flexibility index (Phi) is 4.47. The molecule has 0 unspecified atom stereocenters. The van der Waals surface area contributed by atoms with E-state index in [0.29, 0.717) is 16.7 Å². The maximum absolute atomic E-state index is 12.4. The number of hydrogen-bond donors (Lipinski definition) is 1. The molecule has 1 aromatic heterocycles. The first-order chi connectivity index (χ1) is 10.2. The molecular formula is C16H20ClN3O2. The average Bonchev–Trinajstić information content (AvgIpc) is 2.81. The van der Waals surface area contributed by atoms with Gasteiger partial charge in [-0.3, -0.25) is 10.1 Å².